The molecule has 0 spiro atoms. The number of esters is 1. The van der Waals surface area contributed by atoms with Gasteiger partial charge in [-0.15, -0.1) is 0 Å². The molecule has 1 aromatic heterocycles. The second-order valence-corrected chi connectivity index (χ2v) is 10.6. The first kappa shape index (κ1) is 30.3. The van der Waals surface area contributed by atoms with Crippen LogP contribution >= 0.6 is 0 Å². The molecule has 39 heavy (non-hydrogen) atoms. The van der Waals surface area contributed by atoms with Crippen molar-refractivity contribution in [2.75, 3.05) is 0 Å². The summed E-state index contributed by atoms with van der Waals surface area (Å²) in [7, 11) is 0. The maximum atomic E-state index is 12.6. The fraction of sp³-hybridized carbons (Fsp3) is 0.457. The molecule has 0 fully saturated rings. The lowest BCUT2D eigenvalue weighted by Gasteiger charge is -2.08. The van der Waals surface area contributed by atoms with E-state index in [4.69, 9.17) is 4.74 Å². The molecule has 4 nitrogen and oxygen atoms in total. The summed E-state index contributed by atoms with van der Waals surface area (Å²) in [6.07, 6.45) is 22.6. The first-order valence-electron chi connectivity index (χ1n) is 15.0. The third-order valence-corrected chi connectivity index (χ3v) is 7.29. The van der Waals surface area contributed by atoms with Gasteiger partial charge in [0.25, 0.3) is 0 Å². The van der Waals surface area contributed by atoms with E-state index in [0.717, 1.165) is 37.2 Å². The topological polar surface area (TPSA) is 52.1 Å². The standard InChI is InChI=1S/C35H46N2O2/c1-4-6-7-8-9-10-13-16-29-18-20-32(21-19-29)35(38)39-33-24-22-31(23-25-33)34-36-26-30(27-37-34)17-14-11-12-15-28(3)5-2/h7-8,18-28H,4-6,9-17H2,1-3H3/b8-7-/t28-/m0/s1. The zero-order valence-corrected chi connectivity index (χ0v) is 24.2. The molecule has 0 amide bonds. The van der Waals surface area contributed by atoms with Crippen molar-refractivity contribution in [2.45, 2.75) is 97.8 Å². The average Bonchev–Trinajstić information content (AvgIpc) is 2.97. The third kappa shape index (κ3) is 11.2. The highest BCUT2D eigenvalue weighted by molar-refractivity contribution is 5.91. The van der Waals surface area contributed by atoms with Gasteiger partial charge in [-0.1, -0.05) is 77.2 Å². The Hall–Kier alpha value is -3.27. The molecule has 208 valence electrons. The molecule has 0 aliphatic heterocycles. The average molecular weight is 527 g/mol. The van der Waals surface area contributed by atoms with E-state index in [0.29, 0.717) is 17.1 Å². The molecule has 3 rings (SSSR count). The number of hydrogen-bond donors (Lipinski definition) is 0. The van der Waals surface area contributed by atoms with E-state index in [-0.39, 0.29) is 5.97 Å². The Balaban J connectivity index is 1.41. The van der Waals surface area contributed by atoms with E-state index >= 15 is 0 Å². The zero-order chi connectivity index (χ0) is 27.7. The number of unbranched alkanes of at least 4 members (excludes halogenated alkanes) is 5. The molecule has 1 atom stereocenters. The predicted molar refractivity (Wildman–Crippen MR) is 162 cm³/mol. The number of rotatable bonds is 17. The number of ether oxygens (including phenoxy) is 1. The van der Waals surface area contributed by atoms with Crippen molar-refractivity contribution in [1.82, 2.24) is 9.97 Å². The molecule has 0 aliphatic carbocycles. The van der Waals surface area contributed by atoms with Crippen molar-refractivity contribution in [1.29, 1.82) is 0 Å². The molecule has 4 heteroatoms. The van der Waals surface area contributed by atoms with Gasteiger partial charge in [-0.3, -0.25) is 0 Å². The van der Waals surface area contributed by atoms with Crippen LogP contribution in [0.25, 0.3) is 11.4 Å². The summed E-state index contributed by atoms with van der Waals surface area (Å²) in [4.78, 5) is 21.7. The lowest BCUT2D eigenvalue weighted by atomic mass is 10.00. The second-order valence-electron chi connectivity index (χ2n) is 10.6. The van der Waals surface area contributed by atoms with Crippen molar-refractivity contribution in [3.05, 3.63) is 89.8 Å². The largest absolute Gasteiger partial charge is 0.423 e. The summed E-state index contributed by atoms with van der Waals surface area (Å²) in [6.45, 7) is 6.80. The molecular weight excluding hydrogens is 480 g/mol. The summed E-state index contributed by atoms with van der Waals surface area (Å²) in [5.41, 5.74) is 3.89. The van der Waals surface area contributed by atoms with Gasteiger partial charge in [0.2, 0.25) is 0 Å². The van der Waals surface area contributed by atoms with Gasteiger partial charge in [0, 0.05) is 18.0 Å². The maximum absolute atomic E-state index is 12.6. The number of carbonyl (C=O) groups excluding carboxylic acids is 1. The van der Waals surface area contributed by atoms with Crippen molar-refractivity contribution < 1.29 is 9.53 Å². The zero-order valence-electron chi connectivity index (χ0n) is 24.2. The van der Waals surface area contributed by atoms with Crippen LogP contribution in [0.5, 0.6) is 5.75 Å². The van der Waals surface area contributed by atoms with Crippen molar-refractivity contribution in [3.8, 4) is 17.1 Å². The van der Waals surface area contributed by atoms with Crippen LogP contribution in [0, 0.1) is 5.92 Å². The second kappa shape index (κ2) is 17.3. The van der Waals surface area contributed by atoms with Crippen LogP contribution in [0.4, 0.5) is 0 Å². The summed E-state index contributed by atoms with van der Waals surface area (Å²) in [6, 6.07) is 15.2. The normalized spacial score (nSPS) is 12.1. The highest BCUT2D eigenvalue weighted by atomic mass is 16.5. The lowest BCUT2D eigenvalue weighted by Crippen LogP contribution is -2.08. The highest BCUT2D eigenvalue weighted by Crippen LogP contribution is 2.21. The first-order chi connectivity index (χ1) is 19.1. The number of benzene rings is 2. The van der Waals surface area contributed by atoms with Gasteiger partial charge in [0.15, 0.2) is 5.82 Å². The number of carbonyl (C=O) groups is 1. The van der Waals surface area contributed by atoms with E-state index < -0.39 is 0 Å². The third-order valence-electron chi connectivity index (χ3n) is 7.29. The van der Waals surface area contributed by atoms with Gasteiger partial charge < -0.3 is 4.74 Å². The maximum Gasteiger partial charge on any atom is 0.343 e. The van der Waals surface area contributed by atoms with Crippen LogP contribution in [0.1, 0.15) is 106 Å². The first-order valence-corrected chi connectivity index (χ1v) is 15.0. The molecule has 2 aromatic carbocycles. The molecule has 1 heterocycles. The molecule has 0 N–H and O–H groups in total. The van der Waals surface area contributed by atoms with Crippen molar-refractivity contribution in [2.24, 2.45) is 5.92 Å². The van der Waals surface area contributed by atoms with Gasteiger partial charge in [0.1, 0.15) is 5.75 Å². The number of nitrogens with zero attached hydrogens (tertiary/aromatic N) is 2. The van der Waals surface area contributed by atoms with Crippen LogP contribution in [-0.2, 0) is 12.8 Å². The minimum atomic E-state index is -0.347. The Bertz CT molecular complexity index is 1120. The van der Waals surface area contributed by atoms with Gasteiger partial charge in [-0.05, 0) is 98.4 Å². The Morgan fingerprint density at radius 1 is 0.795 bits per heavy atom. The van der Waals surface area contributed by atoms with E-state index in [1.54, 1.807) is 12.1 Å². The number of aromatic nitrogens is 2. The Morgan fingerprint density at radius 3 is 2.15 bits per heavy atom. The molecule has 3 aromatic rings. The van der Waals surface area contributed by atoms with Crippen molar-refractivity contribution >= 4 is 5.97 Å². The van der Waals surface area contributed by atoms with E-state index in [1.807, 2.05) is 48.8 Å². The van der Waals surface area contributed by atoms with E-state index in [9.17, 15) is 4.79 Å². The van der Waals surface area contributed by atoms with Crippen LogP contribution in [0.15, 0.2) is 73.1 Å². The van der Waals surface area contributed by atoms with Crippen molar-refractivity contribution in [3.63, 3.8) is 0 Å². The summed E-state index contributed by atoms with van der Waals surface area (Å²) >= 11 is 0. The predicted octanol–water partition coefficient (Wildman–Crippen LogP) is 9.58. The fourth-order valence-corrected chi connectivity index (χ4v) is 4.47. The fourth-order valence-electron chi connectivity index (χ4n) is 4.47. The molecule has 0 radical (unpaired) electrons. The monoisotopic (exact) mass is 526 g/mol. The van der Waals surface area contributed by atoms with Gasteiger partial charge in [-0.25, -0.2) is 14.8 Å². The molecule has 0 unspecified atom stereocenters. The Kier molecular flexibility index (Phi) is 13.5. The Labute approximate surface area is 236 Å². The summed E-state index contributed by atoms with van der Waals surface area (Å²) < 4.78 is 5.59. The van der Waals surface area contributed by atoms with Crippen LogP contribution in [0.2, 0.25) is 0 Å². The van der Waals surface area contributed by atoms with Crippen LogP contribution < -0.4 is 4.74 Å². The molecule has 0 aliphatic rings. The SMILES string of the molecule is CCC/C=C\CCCCc1ccc(C(=O)Oc2ccc(-c3ncc(CCCCC[C@@H](C)CC)cn3)cc2)cc1. The van der Waals surface area contributed by atoms with Crippen LogP contribution in [0.3, 0.4) is 0 Å². The minimum Gasteiger partial charge on any atom is -0.423 e. The quantitative estimate of drug-likeness (QED) is 0.0760. The smallest absolute Gasteiger partial charge is 0.343 e. The molecule has 0 saturated heterocycles. The molecule has 0 saturated carbocycles. The number of allylic oxidation sites excluding steroid dienone is 2. The van der Waals surface area contributed by atoms with E-state index in [1.165, 1.54) is 62.5 Å². The van der Waals surface area contributed by atoms with E-state index in [2.05, 4.69) is 42.9 Å². The molecule has 0 bridgehead atoms. The van der Waals surface area contributed by atoms with Gasteiger partial charge in [-0.2, -0.15) is 0 Å². The number of hydrogen-bond acceptors (Lipinski definition) is 4. The minimum absolute atomic E-state index is 0.347. The summed E-state index contributed by atoms with van der Waals surface area (Å²) in [5, 5.41) is 0. The number of aryl methyl sites for hydroxylation is 2. The lowest BCUT2D eigenvalue weighted by molar-refractivity contribution is 0.0734. The summed E-state index contributed by atoms with van der Waals surface area (Å²) in [5.74, 6) is 1.68. The van der Waals surface area contributed by atoms with Gasteiger partial charge >= 0.3 is 5.97 Å². The highest BCUT2D eigenvalue weighted by Gasteiger charge is 2.10. The Morgan fingerprint density at radius 2 is 1.46 bits per heavy atom. The van der Waals surface area contributed by atoms with Gasteiger partial charge in [0.05, 0.1) is 5.56 Å². The molecular formula is C35H46N2O2. The van der Waals surface area contributed by atoms with Crippen LogP contribution in [-0.4, -0.2) is 15.9 Å².